The lowest BCUT2D eigenvalue weighted by Crippen LogP contribution is -2.44. The first-order valence-electron chi connectivity index (χ1n) is 12.5. The number of thioether (sulfide) groups is 1. The lowest BCUT2D eigenvalue weighted by Gasteiger charge is -2.35. The van der Waals surface area contributed by atoms with Crippen LogP contribution in [0, 0.1) is 5.92 Å². The molecule has 1 amide bonds. The minimum absolute atomic E-state index is 0.0464. The van der Waals surface area contributed by atoms with Crippen LogP contribution in [0.1, 0.15) is 43.7 Å². The van der Waals surface area contributed by atoms with Gasteiger partial charge in [-0.1, -0.05) is 72.1 Å². The average molecular weight is 640 g/mol. The number of ether oxygens (including phenoxy) is 1. The lowest BCUT2D eigenvalue weighted by molar-refractivity contribution is -0.124. The zero-order valence-electron chi connectivity index (χ0n) is 20.6. The van der Waals surface area contributed by atoms with E-state index in [1.165, 1.54) is 18.2 Å². The smallest absolute Gasteiger partial charge is 0.267 e. The topological polar surface area (TPSA) is 41.9 Å². The summed E-state index contributed by atoms with van der Waals surface area (Å²) in [7, 11) is 0. The molecule has 0 spiro atoms. The molecule has 0 N–H and O–H groups in total. The summed E-state index contributed by atoms with van der Waals surface area (Å²) >= 11 is 8.58. The zero-order chi connectivity index (χ0) is 25.8. The van der Waals surface area contributed by atoms with Crippen molar-refractivity contribution in [1.29, 1.82) is 0 Å². The number of carbonyl (C=O) groups is 1. The third-order valence-electron chi connectivity index (χ3n) is 6.78. The molecule has 0 radical (unpaired) electrons. The summed E-state index contributed by atoms with van der Waals surface area (Å²) in [5, 5.41) is 0.773. The van der Waals surface area contributed by atoms with Gasteiger partial charge in [-0.15, -0.1) is 0 Å². The number of para-hydroxylation sites is 1. The minimum Gasteiger partial charge on any atom is -0.488 e. The number of nitrogens with zero attached hydrogens (tertiary/aromatic N) is 2. The summed E-state index contributed by atoms with van der Waals surface area (Å²) in [4.78, 5) is 21.3. The van der Waals surface area contributed by atoms with Crippen molar-refractivity contribution in [1.82, 2.24) is 4.90 Å². The van der Waals surface area contributed by atoms with Gasteiger partial charge in [0.1, 0.15) is 12.4 Å². The van der Waals surface area contributed by atoms with E-state index in [9.17, 15) is 4.79 Å². The highest BCUT2D eigenvalue weighted by molar-refractivity contribution is 9.10. The van der Waals surface area contributed by atoms with Gasteiger partial charge in [0.25, 0.3) is 5.91 Å². The summed E-state index contributed by atoms with van der Waals surface area (Å²) in [6, 6.07) is 24.1. The monoisotopic (exact) mass is 638 g/mol. The second kappa shape index (κ2) is 12.0. The molecule has 2 fully saturated rings. The van der Waals surface area contributed by atoms with E-state index in [1.807, 2.05) is 83.8 Å². The quantitative estimate of drug-likeness (QED) is 0.253. The van der Waals surface area contributed by atoms with E-state index in [0.29, 0.717) is 17.4 Å². The summed E-state index contributed by atoms with van der Waals surface area (Å²) in [5.74, 6) is 1.26. The van der Waals surface area contributed by atoms with Crippen LogP contribution in [0.3, 0.4) is 0 Å². The zero-order valence-corrected chi connectivity index (χ0v) is 24.6. The predicted molar refractivity (Wildman–Crippen MR) is 160 cm³/mol. The molecule has 3 aromatic rings. The van der Waals surface area contributed by atoms with Crippen molar-refractivity contribution in [3.63, 3.8) is 0 Å². The molecule has 0 bridgehead atoms. The van der Waals surface area contributed by atoms with Gasteiger partial charge in [-0.3, -0.25) is 9.69 Å². The predicted octanol–water partition coefficient (Wildman–Crippen LogP) is 8.97. The van der Waals surface area contributed by atoms with Crippen molar-refractivity contribution in [2.45, 2.75) is 45.3 Å². The third kappa shape index (κ3) is 6.39. The molecule has 5 rings (SSSR count). The summed E-state index contributed by atoms with van der Waals surface area (Å²) in [6.07, 6.45) is 6.50. The van der Waals surface area contributed by atoms with Crippen molar-refractivity contribution >= 4 is 66.5 Å². The fraction of sp³-hybridized carbons (Fsp3) is 0.267. The van der Waals surface area contributed by atoms with Gasteiger partial charge in [-0.2, -0.15) is 0 Å². The molecule has 37 heavy (non-hydrogen) atoms. The van der Waals surface area contributed by atoms with Crippen LogP contribution < -0.4 is 4.74 Å². The Morgan fingerprint density at radius 2 is 1.78 bits per heavy atom. The molecule has 7 heteroatoms. The van der Waals surface area contributed by atoms with Gasteiger partial charge in [0.05, 0.1) is 15.1 Å². The van der Waals surface area contributed by atoms with E-state index in [-0.39, 0.29) is 11.9 Å². The largest absolute Gasteiger partial charge is 0.488 e. The van der Waals surface area contributed by atoms with Crippen LogP contribution in [0.25, 0.3) is 6.08 Å². The van der Waals surface area contributed by atoms with E-state index in [1.54, 1.807) is 0 Å². The van der Waals surface area contributed by atoms with Gasteiger partial charge in [-0.05, 0) is 100 Å². The standard InChI is InChI=1S/C30H28Br2N2O2S/c1-20-7-5-6-10-26(20)34-29(35)28(37-30(34)33-24-8-3-2-4-9-24)18-22-13-16-27(25(32)17-22)36-19-21-11-14-23(31)15-12-21/h2-4,8-9,11-18,20,26H,5-7,10,19H2,1H3/b28-18-,33-30?/t20-,26+/m0/s1. The Kier molecular flexibility index (Phi) is 8.53. The van der Waals surface area contributed by atoms with Crippen LogP contribution in [-0.2, 0) is 11.4 Å². The first kappa shape index (κ1) is 26.3. The molecule has 1 aliphatic heterocycles. The number of aliphatic imine (C=N–C) groups is 1. The van der Waals surface area contributed by atoms with Crippen molar-refractivity contribution in [2.24, 2.45) is 10.9 Å². The summed E-state index contributed by atoms with van der Waals surface area (Å²) < 4.78 is 7.91. The maximum absolute atomic E-state index is 13.7. The Bertz CT molecular complexity index is 1330. The van der Waals surface area contributed by atoms with Gasteiger partial charge < -0.3 is 4.74 Å². The van der Waals surface area contributed by atoms with Crippen LogP contribution in [0.4, 0.5) is 5.69 Å². The molecule has 1 saturated carbocycles. The molecule has 1 saturated heterocycles. The average Bonchev–Trinajstić information content (AvgIpc) is 3.19. The molecular weight excluding hydrogens is 612 g/mol. The maximum atomic E-state index is 13.7. The second-order valence-corrected chi connectivity index (χ2v) is 12.2. The lowest BCUT2D eigenvalue weighted by atomic mass is 9.85. The van der Waals surface area contributed by atoms with E-state index >= 15 is 0 Å². The molecular formula is C30H28Br2N2O2S. The number of hydrogen-bond donors (Lipinski definition) is 0. The Morgan fingerprint density at radius 3 is 2.51 bits per heavy atom. The molecule has 190 valence electrons. The Balaban J connectivity index is 1.38. The number of benzene rings is 3. The van der Waals surface area contributed by atoms with Crippen molar-refractivity contribution in [2.75, 3.05) is 0 Å². The van der Waals surface area contributed by atoms with Crippen molar-refractivity contribution in [3.8, 4) is 5.75 Å². The first-order chi connectivity index (χ1) is 18.0. The van der Waals surface area contributed by atoms with Crippen molar-refractivity contribution < 1.29 is 9.53 Å². The van der Waals surface area contributed by atoms with Gasteiger partial charge in [0, 0.05) is 10.5 Å². The number of rotatable bonds is 6. The Labute approximate surface area is 239 Å². The number of carbonyl (C=O) groups excluding carboxylic acids is 1. The van der Waals surface area contributed by atoms with Gasteiger partial charge >= 0.3 is 0 Å². The van der Waals surface area contributed by atoms with Crippen molar-refractivity contribution in [3.05, 3.63) is 97.8 Å². The highest BCUT2D eigenvalue weighted by atomic mass is 79.9. The molecule has 1 heterocycles. The molecule has 0 unspecified atom stereocenters. The molecule has 1 aliphatic carbocycles. The van der Waals surface area contributed by atoms with Crippen LogP contribution in [0.5, 0.6) is 5.75 Å². The van der Waals surface area contributed by atoms with Gasteiger partial charge in [0.2, 0.25) is 0 Å². The van der Waals surface area contributed by atoms with E-state index < -0.39 is 0 Å². The highest BCUT2D eigenvalue weighted by Crippen LogP contribution is 2.40. The molecule has 3 aromatic carbocycles. The minimum atomic E-state index is 0.0464. The molecule has 2 aliphatic rings. The van der Waals surface area contributed by atoms with E-state index in [4.69, 9.17) is 9.73 Å². The van der Waals surface area contributed by atoms with Gasteiger partial charge in [-0.25, -0.2) is 4.99 Å². The fourth-order valence-corrected chi connectivity index (χ4v) is 6.59. The maximum Gasteiger partial charge on any atom is 0.267 e. The third-order valence-corrected chi connectivity index (χ3v) is 8.91. The SMILES string of the molecule is C[C@H]1CCCC[C@H]1N1C(=O)/C(=C/c2ccc(OCc3ccc(Br)cc3)c(Br)c2)SC1=Nc1ccccc1. The van der Waals surface area contributed by atoms with E-state index in [0.717, 1.165) is 55.9 Å². The fourth-order valence-electron chi connectivity index (χ4n) is 4.77. The van der Waals surface area contributed by atoms with Crippen LogP contribution in [-0.4, -0.2) is 22.0 Å². The number of hydrogen-bond acceptors (Lipinski definition) is 4. The number of halogens is 2. The second-order valence-electron chi connectivity index (χ2n) is 9.45. The summed E-state index contributed by atoms with van der Waals surface area (Å²) in [6.45, 7) is 2.74. The molecule has 2 atom stereocenters. The van der Waals surface area contributed by atoms with Crippen LogP contribution in [0.15, 0.2) is 91.6 Å². The Morgan fingerprint density at radius 1 is 1.03 bits per heavy atom. The highest BCUT2D eigenvalue weighted by Gasteiger charge is 2.41. The normalized spacial score (nSPS) is 22.1. The first-order valence-corrected chi connectivity index (χ1v) is 14.9. The molecule has 4 nitrogen and oxygen atoms in total. The Hall–Kier alpha value is -2.35. The molecule has 0 aromatic heterocycles. The van der Waals surface area contributed by atoms with Crippen LogP contribution in [0.2, 0.25) is 0 Å². The van der Waals surface area contributed by atoms with Gasteiger partial charge in [0.15, 0.2) is 5.17 Å². The number of amides is 1. The van der Waals surface area contributed by atoms with E-state index in [2.05, 4.69) is 38.8 Å². The number of amidine groups is 1. The van der Waals surface area contributed by atoms with Crippen LogP contribution >= 0.6 is 43.6 Å². The summed E-state index contributed by atoms with van der Waals surface area (Å²) in [5.41, 5.74) is 2.90.